The number of hydrogen-bond donors (Lipinski definition) is 0. The Morgan fingerprint density at radius 3 is 0.846 bits per heavy atom. The molecule has 3 rings (SSSR count). The molecule has 3 aromatic rings. The van der Waals surface area contributed by atoms with Gasteiger partial charge in [-0.2, -0.15) is 0 Å². The highest BCUT2D eigenvalue weighted by atomic mass is 14.1. The number of benzene rings is 3. The average molecular weight is 345 g/mol. The summed E-state index contributed by atoms with van der Waals surface area (Å²) in [5, 5.41) is 0. The number of hydrogen-bond acceptors (Lipinski definition) is 0. The Hall–Kier alpha value is -2.34. The van der Waals surface area contributed by atoms with Gasteiger partial charge in [0.05, 0.1) is 0 Å². The molecular formula is C26H32. The van der Waals surface area contributed by atoms with Crippen LogP contribution in [0.5, 0.6) is 0 Å². The molecule has 0 bridgehead atoms. The highest BCUT2D eigenvalue weighted by molar-refractivity contribution is 5.68. The Morgan fingerprint density at radius 2 is 0.615 bits per heavy atom. The molecular weight excluding hydrogens is 312 g/mol. The molecule has 136 valence electrons. The Kier molecular flexibility index (Phi) is 6.42. The van der Waals surface area contributed by atoms with Crippen molar-refractivity contribution >= 4 is 0 Å². The second kappa shape index (κ2) is 8.36. The van der Waals surface area contributed by atoms with Gasteiger partial charge in [0, 0.05) is 0 Å². The van der Waals surface area contributed by atoms with E-state index in [4.69, 9.17) is 0 Å². The van der Waals surface area contributed by atoms with Crippen molar-refractivity contribution in [3.63, 3.8) is 0 Å². The second-order valence-electron chi connectivity index (χ2n) is 7.62. The van der Waals surface area contributed by atoms with E-state index in [0.29, 0.717) is 0 Å². The summed E-state index contributed by atoms with van der Waals surface area (Å²) >= 11 is 0. The van der Waals surface area contributed by atoms with E-state index in [-0.39, 0.29) is 0 Å². The first kappa shape index (κ1) is 20.0. The highest BCUT2D eigenvalue weighted by Gasteiger charge is 2.06. The van der Waals surface area contributed by atoms with Crippen LogP contribution in [0.3, 0.4) is 0 Å². The van der Waals surface area contributed by atoms with Gasteiger partial charge >= 0.3 is 0 Å². The molecule has 0 aliphatic rings. The minimum atomic E-state index is 1.33. The SMILES string of the molecule is Cc1cc(-c2cc(C)c(C)c(C)c2)cc(C)c1C.Cc1ccc(C)cc1. The van der Waals surface area contributed by atoms with Crippen molar-refractivity contribution in [3.8, 4) is 11.1 Å². The van der Waals surface area contributed by atoms with Gasteiger partial charge in [0.2, 0.25) is 0 Å². The molecule has 0 heterocycles. The molecule has 0 saturated carbocycles. The van der Waals surface area contributed by atoms with E-state index in [2.05, 4.69) is 104 Å². The van der Waals surface area contributed by atoms with Gasteiger partial charge in [0.15, 0.2) is 0 Å². The van der Waals surface area contributed by atoms with Crippen LogP contribution < -0.4 is 0 Å². The van der Waals surface area contributed by atoms with Crippen molar-refractivity contribution in [1.82, 2.24) is 0 Å². The third-order valence-electron chi connectivity index (χ3n) is 5.41. The summed E-state index contributed by atoms with van der Waals surface area (Å²) in [4.78, 5) is 0. The Labute approximate surface area is 159 Å². The van der Waals surface area contributed by atoms with Crippen molar-refractivity contribution in [2.75, 3.05) is 0 Å². The topological polar surface area (TPSA) is 0 Å². The lowest BCUT2D eigenvalue weighted by Crippen LogP contribution is -1.92. The maximum atomic E-state index is 2.30. The molecule has 0 heteroatoms. The van der Waals surface area contributed by atoms with Gasteiger partial charge in [-0.1, -0.05) is 59.7 Å². The zero-order valence-electron chi connectivity index (χ0n) is 17.6. The Bertz CT molecular complexity index is 773. The standard InChI is InChI=1S/C18H22.C8H10/c1-11-7-17(8-12(2)15(11)5)18-9-13(3)16(6)14(4)10-18;1-7-3-5-8(2)6-4-7/h7-10H,1-6H3;3-6H,1-2H3. The molecule has 0 N–H and O–H groups in total. The molecule has 0 nitrogen and oxygen atoms in total. The summed E-state index contributed by atoms with van der Waals surface area (Å²) < 4.78 is 0. The van der Waals surface area contributed by atoms with Gasteiger partial charge in [-0.05, 0) is 99.9 Å². The van der Waals surface area contributed by atoms with Crippen molar-refractivity contribution in [2.45, 2.75) is 55.4 Å². The summed E-state index contributed by atoms with van der Waals surface area (Å²) in [6.45, 7) is 17.4. The lowest BCUT2D eigenvalue weighted by Gasteiger charge is -2.12. The van der Waals surface area contributed by atoms with Crippen molar-refractivity contribution < 1.29 is 0 Å². The first-order valence-electron chi connectivity index (χ1n) is 9.38. The van der Waals surface area contributed by atoms with Crippen molar-refractivity contribution in [3.05, 3.63) is 93.0 Å². The minimum absolute atomic E-state index is 1.33. The van der Waals surface area contributed by atoms with Crippen LogP contribution in [0, 0.1) is 55.4 Å². The first-order valence-corrected chi connectivity index (χ1v) is 9.38. The van der Waals surface area contributed by atoms with E-state index in [1.807, 2.05) is 0 Å². The van der Waals surface area contributed by atoms with E-state index in [1.165, 1.54) is 55.6 Å². The Balaban J connectivity index is 0.000000254. The van der Waals surface area contributed by atoms with E-state index < -0.39 is 0 Å². The van der Waals surface area contributed by atoms with Gasteiger partial charge in [-0.3, -0.25) is 0 Å². The molecule has 26 heavy (non-hydrogen) atoms. The van der Waals surface area contributed by atoms with Crippen molar-refractivity contribution in [1.29, 1.82) is 0 Å². The van der Waals surface area contributed by atoms with Crippen LogP contribution in [-0.2, 0) is 0 Å². The third-order valence-corrected chi connectivity index (χ3v) is 5.41. The minimum Gasteiger partial charge on any atom is -0.0591 e. The highest BCUT2D eigenvalue weighted by Crippen LogP contribution is 2.28. The molecule has 0 aliphatic carbocycles. The number of aryl methyl sites for hydroxylation is 6. The predicted octanol–water partition coefficient (Wildman–Crippen LogP) is 7.51. The van der Waals surface area contributed by atoms with Gasteiger partial charge in [0.25, 0.3) is 0 Å². The van der Waals surface area contributed by atoms with Crippen molar-refractivity contribution in [2.24, 2.45) is 0 Å². The van der Waals surface area contributed by atoms with E-state index in [1.54, 1.807) is 0 Å². The van der Waals surface area contributed by atoms with Gasteiger partial charge in [0.1, 0.15) is 0 Å². The zero-order chi connectivity index (χ0) is 19.4. The van der Waals surface area contributed by atoms with Gasteiger partial charge in [-0.15, -0.1) is 0 Å². The molecule has 0 saturated heterocycles. The fourth-order valence-corrected chi connectivity index (χ4v) is 3.04. The summed E-state index contributed by atoms with van der Waals surface area (Å²) in [5.41, 5.74) is 13.6. The summed E-state index contributed by atoms with van der Waals surface area (Å²) in [6, 6.07) is 17.7. The fraction of sp³-hybridized carbons (Fsp3) is 0.308. The summed E-state index contributed by atoms with van der Waals surface area (Å²) in [6.07, 6.45) is 0. The van der Waals surface area contributed by atoms with Crippen LogP contribution in [0.4, 0.5) is 0 Å². The van der Waals surface area contributed by atoms with Gasteiger partial charge < -0.3 is 0 Å². The molecule has 3 aromatic carbocycles. The molecule has 0 aliphatic heterocycles. The molecule has 0 atom stereocenters. The monoisotopic (exact) mass is 344 g/mol. The third kappa shape index (κ3) is 4.85. The fourth-order valence-electron chi connectivity index (χ4n) is 3.04. The van der Waals surface area contributed by atoms with E-state index in [9.17, 15) is 0 Å². The van der Waals surface area contributed by atoms with Crippen LogP contribution in [0.1, 0.15) is 44.5 Å². The molecule has 0 amide bonds. The lowest BCUT2D eigenvalue weighted by molar-refractivity contribution is 1.25. The molecule has 0 radical (unpaired) electrons. The van der Waals surface area contributed by atoms with E-state index in [0.717, 1.165) is 0 Å². The van der Waals surface area contributed by atoms with Gasteiger partial charge in [-0.25, -0.2) is 0 Å². The maximum absolute atomic E-state index is 2.30. The Morgan fingerprint density at radius 1 is 0.385 bits per heavy atom. The van der Waals surface area contributed by atoms with Crippen LogP contribution in [0.2, 0.25) is 0 Å². The molecule has 0 fully saturated rings. The quantitative estimate of drug-likeness (QED) is 0.428. The smallest absolute Gasteiger partial charge is 0.0178 e. The van der Waals surface area contributed by atoms with Crippen LogP contribution in [-0.4, -0.2) is 0 Å². The molecule has 0 spiro atoms. The molecule has 0 aromatic heterocycles. The largest absolute Gasteiger partial charge is 0.0591 e. The summed E-state index contributed by atoms with van der Waals surface area (Å²) in [7, 11) is 0. The summed E-state index contributed by atoms with van der Waals surface area (Å²) in [5.74, 6) is 0. The normalized spacial score (nSPS) is 10.3. The first-order chi connectivity index (χ1) is 12.2. The van der Waals surface area contributed by atoms with Crippen LogP contribution in [0.25, 0.3) is 11.1 Å². The maximum Gasteiger partial charge on any atom is -0.0178 e. The predicted molar refractivity (Wildman–Crippen MR) is 116 cm³/mol. The lowest BCUT2D eigenvalue weighted by atomic mass is 9.93. The van der Waals surface area contributed by atoms with Crippen LogP contribution in [0.15, 0.2) is 48.5 Å². The zero-order valence-corrected chi connectivity index (χ0v) is 17.6. The molecule has 0 unspecified atom stereocenters. The van der Waals surface area contributed by atoms with E-state index >= 15 is 0 Å². The number of rotatable bonds is 1. The average Bonchev–Trinajstić information content (AvgIpc) is 2.60. The second-order valence-corrected chi connectivity index (χ2v) is 7.62. The van der Waals surface area contributed by atoms with Crippen LogP contribution >= 0.6 is 0 Å².